The number of carbonyl (C=O) groups excluding carboxylic acids is 2. The first-order valence-corrected chi connectivity index (χ1v) is 13.9. The molecule has 2 amide bonds. The Hall–Kier alpha value is -4.17. The van der Waals surface area contributed by atoms with Crippen LogP contribution in [-0.4, -0.2) is 72.9 Å². The summed E-state index contributed by atoms with van der Waals surface area (Å²) in [7, 11) is 1.79. The minimum atomic E-state index is -0.516. The van der Waals surface area contributed by atoms with Gasteiger partial charge in [0.2, 0.25) is 5.91 Å². The van der Waals surface area contributed by atoms with Crippen molar-refractivity contribution in [1.29, 1.82) is 0 Å². The Bertz CT molecular complexity index is 1510. The molecular weight excluding hydrogens is 505 g/mol. The number of likely N-dealkylation sites (N-methyl/N-ethyl adjacent to an activating group) is 1. The van der Waals surface area contributed by atoms with Crippen molar-refractivity contribution in [2.24, 2.45) is 0 Å². The van der Waals surface area contributed by atoms with Crippen LogP contribution in [0, 0.1) is 5.82 Å². The summed E-state index contributed by atoms with van der Waals surface area (Å²) in [6.07, 6.45) is 2.77. The van der Waals surface area contributed by atoms with Gasteiger partial charge in [-0.3, -0.25) is 14.5 Å². The number of benzene rings is 3. The molecule has 7 nitrogen and oxygen atoms in total. The second-order valence-corrected chi connectivity index (χ2v) is 10.7. The molecular formula is C32H34FN5O2. The number of anilines is 1. The van der Waals surface area contributed by atoms with Gasteiger partial charge in [0.05, 0.1) is 12.0 Å². The van der Waals surface area contributed by atoms with Crippen molar-refractivity contribution in [2.75, 3.05) is 51.2 Å². The number of nitrogens with one attached hydrogen (secondary N) is 2. The molecule has 2 N–H and O–H groups in total. The number of rotatable bonds is 7. The average molecular weight is 540 g/mol. The lowest BCUT2D eigenvalue weighted by Gasteiger charge is -2.39. The van der Waals surface area contributed by atoms with Gasteiger partial charge in [0, 0.05) is 73.7 Å². The maximum absolute atomic E-state index is 13.8. The first-order chi connectivity index (χ1) is 19.5. The van der Waals surface area contributed by atoms with Crippen molar-refractivity contribution < 1.29 is 14.0 Å². The van der Waals surface area contributed by atoms with Gasteiger partial charge in [0.1, 0.15) is 5.82 Å². The van der Waals surface area contributed by atoms with E-state index >= 15 is 0 Å². The first-order valence-electron chi connectivity index (χ1n) is 13.9. The van der Waals surface area contributed by atoms with Crippen LogP contribution in [0.15, 0.2) is 79.0 Å². The summed E-state index contributed by atoms with van der Waals surface area (Å²) < 4.78 is 13.3. The number of H-pyrrole nitrogens is 1. The summed E-state index contributed by atoms with van der Waals surface area (Å²) in [6, 6.07) is 21.7. The lowest BCUT2D eigenvalue weighted by atomic mass is 9.79. The molecule has 0 saturated carbocycles. The number of nitrogens with zero attached hydrogens (tertiary/aromatic N) is 3. The fourth-order valence-corrected chi connectivity index (χ4v) is 6.19. The minimum Gasteiger partial charge on any atom is -0.369 e. The molecule has 3 aromatic carbocycles. The molecule has 0 spiro atoms. The van der Waals surface area contributed by atoms with Crippen molar-refractivity contribution >= 4 is 28.4 Å². The van der Waals surface area contributed by atoms with E-state index in [4.69, 9.17) is 0 Å². The van der Waals surface area contributed by atoms with Crippen LogP contribution in [0.25, 0.3) is 10.9 Å². The van der Waals surface area contributed by atoms with E-state index in [1.54, 1.807) is 11.9 Å². The zero-order valence-electron chi connectivity index (χ0n) is 22.6. The van der Waals surface area contributed by atoms with Crippen LogP contribution in [0.3, 0.4) is 0 Å². The van der Waals surface area contributed by atoms with E-state index in [-0.39, 0.29) is 17.6 Å². The van der Waals surface area contributed by atoms with Crippen LogP contribution >= 0.6 is 0 Å². The van der Waals surface area contributed by atoms with E-state index < -0.39 is 12.0 Å². The second kappa shape index (κ2) is 11.1. The number of hydrogen-bond donors (Lipinski definition) is 2. The molecule has 2 atom stereocenters. The number of piperazine rings is 1. The van der Waals surface area contributed by atoms with Gasteiger partial charge in [0.15, 0.2) is 0 Å². The predicted octanol–water partition coefficient (Wildman–Crippen LogP) is 4.55. The Kier molecular flexibility index (Phi) is 7.26. The third kappa shape index (κ3) is 4.95. The highest BCUT2D eigenvalue weighted by atomic mass is 19.1. The number of aromatic amines is 1. The Morgan fingerprint density at radius 2 is 1.68 bits per heavy atom. The number of para-hydroxylation sites is 1. The number of aromatic nitrogens is 1. The monoisotopic (exact) mass is 539 g/mol. The highest BCUT2D eigenvalue weighted by Gasteiger charge is 2.43. The maximum atomic E-state index is 13.8. The Morgan fingerprint density at radius 3 is 2.48 bits per heavy atom. The van der Waals surface area contributed by atoms with E-state index in [2.05, 4.69) is 20.1 Å². The molecule has 1 fully saturated rings. The quantitative estimate of drug-likeness (QED) is 0.338. The molecule has 8 heteroatoms. The fraction of sp³-hybridized carbons (Fsp3) is 0.312. The summed E-state index contributed by atoms with van der Waals surface area (Å²) in [5.74, 6) is -0.873. The third-order valence-corrected chi connectivity index (χ3v) is 8.32. The fourth-order valence-electron chi connectivity index (χ4n) is 6.19. The average Bonchev–Trinajstić information content (AvgIpc) is 3.41. The van der Waals surface area contributed by atoms with Crippen LogP contribution in [0.1, 0.15) is 39.9 Å². The van der Waals surface area contributed by atoms with Gasteiger partial charge in [-0.05, 0) is 54.9 Å². The maximum Gasteiger partial charge on any atom is 0.254 e. The van der Waals surface area contributed by atoms with Gasteiger partial charge < -0.3 is 20.1 Å². The normalized spacial score (nSPS) is 19.6. The Balaban J connectivity index is 1.12. The van der Waals surface area contributed by atoms with Crippen molar-refractivity contribution in [3.05, 3.63) is 102 Å². The van der Waals surface area contributed by atoms with E-state index in [0.717, 1.165) is 66.9 Å². The van der Waals surface area contributed by atoms with Crippen LogP contribution in [-0.2, 0) is 4.79 Å². The highest BCUT2D eigenvalue weighted by Crippen LogP contribution is 2.44. The molecule has 2 aliphatic rings. The summed E-state index contributed by atoms with van der Waals surface area (Å²) in [5.41, 5.74) is 4.33. The molecule has 0 radical (unpaired) electrons. The molecule has 40 heavy (non-hydrogen) atoms. The molecule has 1 aromatic heterocycles. The van der Waals surface area contributed by atoms with E-state index in [1.165, 1.54) is 12.1 Å². The van der Waals surface area contributed by atoms with Crippen LogP contribution < -0.4 is 10.2 Å². The lowest BCUT2D eigenvalue weighted by Crippen LogP contribution is -2.47. The number of carbonyl (C=O) groups is 2. The van der Waals surface area contributed by atoms with Gasteiger partial charge in [-0.2, -0.15) is 0 Å². The Morgan fingerprint density at radius 1 is 0.950 bits per heavy atom. The largest absolute Gasteiger partial charge is 0.369 e. The number of halogens is 1. The summed E-state index contributed by atoms with van der Waals surface area (Å²) in [5, 5.41) is 4.21. The molecule has 6 rings (SSSR count). The van der Waals surface area contributed by atoms with Crippen molar-refractivity contribution in [3.63, 3.8) is 0 Å². The summed E-state index contributed by atoms with van der Waals surface area (Å²) >= 11 is 0. The molecule has 206 valence electrons. The molecule has 4 aromatic rings. The van der Waals surface area contributed by atoms with Crippen LogP contribution in [0.4, 0.5) is 10.1 Å². The molecule has 0 bridgehead atoms. The molecule has 2 aliphatic heterocycles. The zero-order chi connectivity index (χ0) is 27.6. The second-order valence-electron chi connectivity index (χ2n) is 10.7. The van der Waals surface area contributed by atoms with Gasteiger partial charge in [-0.1, -0.05) is 36.4 Å². The van der Waals surface area contributed by atoms with Gasteiger partial charge in [-0.25, -0.2) is 4.39 Å². The lowest BCUT2D eigenvalue weighted by molar-refractivity contribution is -0.124. The van der Waals surface area contributed by atoms with Crippen molar-refractivity contribution in [2.45, 2.75) is 18.4 Å². The first kappa shape index (κ1) is 26.1. The SMILES string of the molecule is CN1C(=O)c2ccccc2C(C(=O)NCCCN2CCN(c3ccc(F)cc3)CC2)C1c1c[nH]c2ccccc12. The topological polar surface area (TPSA) is 71.7 Å². The number of amides is 2. The zero-order valence-corrected chi connectivity index (χ0v) is 22.6. The van der Waals surface area contributed by atoms with E-state index in [0.29, 0.717) is 12.1 Å². The molecule has 2 unspecified atom stereocenters. The third-order valence-electron chi connectivity index (χ3n) is 8.32. The number of hydrogen-bond acceptors (Lipinski definition) is 4. The Labute approximate surface area is 233 Å². The summed E-state index contributed by atoms with van der Waals surface area (Å²) in [6.45, 7) is 5.10. The van der Waals surface area contributed by atoms with Crippen LogP contribution in [0.2, 0.25) is 0 Å². The highest BCUT2D eigenvalue weighted by molar-refractivity contribution is 6.02. The van der Waals surface area contributed by atoms with E-state index in [1.807, 2.05) is 66.9 Å². The van der Waals surface area contributed by atoms with Crippen LogP contribution in [0.5, 0.6) is 0 Å². The number of fused-ring (bicyclic) bond motifs is 2. The predicted molar refractivity (Wildman–Crippen MR) is 155 cm³/mol. The smallest absolute Gasteiger partial charge is 0.254 e. The van der Waals surface area contributed by atoms with Gasteiger partial charge in [0.25, 0.3) is 5.91 Å². The van der Waals surface area contributed by atoms with Crippen molar-refractivity contribution in [1.82, 2.24) is 20.1 Å². The molecule has 3 heterocycles. The molecule has 1 saturated heterocycles. The van der Waals surface area contributed by atoms with Crippen molar-refractivity contribution in [3.8, 4) is 0 Å². The standard InChI is InChI=1S/C32H34FN5O2/c1-36-30(27-21-35-28-10-5-4-7-24(27)28)29(25-8-2-3-9-26(25)32(36)40)31(39)34-15-6-16-37-17-19-38(20-18-37)23-13-11-22(33)12-14-23/h2-5,7-14,21,29-30,35H,6,15-20H2,1H3,(H,34,39). The van der Waals surface area contributed by atoms with Gasteiger partial charge >= 0.3 is 0 Å². The van der Waals surface area contributed by atoms with Gasteiger partial charge in [-0.15, -0.1) is 0 Å². The van der Waals surface area contributed by atoms with E-state index in [9.17, 15) is 14.0 Å². The molecule has 0 aliphatic carbocycles. The minimum absolute atomic E-state index is 0.0665. The summed E-state index contributed by atoms with van der Waals surface area (Å²) in [4.78, 5) is 36.9.